The highest BCUT2D eigenvalue weighted by Gasteiger charge is 2.20. The molecule has 0 saturated heterocycles. The zero-order valence-electron chi connectivity index (χ0n) is 18.2. The largest absolute Gasteiger partial charge is 0.439 e. The summed E-state index contributed by atoms with van der Waals surface area (Å²) in [6, 6.07) is 0. The summed E-state index contributed by atoms with van der Waals surface area (Å²) in [6.45, 7) is 9.29. The molecule has 140 valence electrons. The lowest BCUT2D eigenvalue weighted by atomic mass is 10.1. The maximum Gasteiger partial charge on any atom is 0.439 e. The topological polar surface area (TPSA) is 0 Å². The molecule has 0 aromatic carbocycles. The van der Waals surface area contributed by atoms with Crippen LogP contribution in [0.2, 0.25) is 0 Å². The Morgan fingerprint density at radius 1 is 0.607 bits per heavy atom. The fourth-order valence-electron chi connectivity index (χ4n) is 4.47. The molecule has 0 spiro atoms. The van der Waals surface area contributed by atoms with E-state index in [2.05, 4.69) is 88.5 Å². The molecule has 0 nitrogen and oxygen atoms in total. The van der Waals surface area contributed by atoms with E-state index in [4.69, 9.17) is 0 Å². The van der Waals surface area contributed by atoms with E-state index in [1.54, 1.807) is 26.0 Å². The highest BCUT2D eigenvalue weighted by Crippen LogP contribution is 2.31. The molecular weight excluding hydrogens is 361 g/mol. The van der Waals surface area contributed by atoms with Gasteiger partial charge in [0, 0.05) is 0 Å². The molecule has 0 unspecified atom stereocenters. The Morgan fingerprint density at radius 3 is 1.43 bits per heavy atom. The van der Waals surface area contributed by atoms with Gasteiger partial charge in [0.1, 0.15) is 0 Å². The van der Waals surface area contributed by atoms with Crippen LogP contribution in [0.4, 0.5) is 0 Å². The Hall–Kier alpha value is -0.548. The minimum atomic E-state index is -0.182. The van der Waals surface area contributed by atoms with Crippen molar-refractivity contribution in [2.24, 2.45) is 11.8 Å². The number of hydrogen-bond donors (Lipinski definition) is 0. The van der Waals surface area contributed by atoms with Gasteiger partial charge in [-0.25, -0.2) is 0 Å². The first-order valence-corrected chi connectivity index (χ1v) is 13.8. The van der Waals surface area contributed by atoms with Crippen molar-refractivity contribution >= 4 is 40.7 Å². The standard InChI is InChI=1S/2C8H11.2C5H5.2Mg/c2*1-7(2)8-5-3-4-6-8;2*1-2-4-5-3-1;;/h2*3,5,7H,4H2,1-2H3;2*1-3H,4H2;;. The minimum Gasteiger partial charge on any atom is -0.182 e. The van der Waals surface area contributed by atoms with Crippen LogP contribution in [0.15, 0.2) is 86.7 Å². The number of rotatable bonds is 6. The van der Waals surface area contributed by atoms with Crippen molar-refractivity contribution in [2.75, 3.05) is 0 Å². The SMILES string of the molecule is C1=CC[C]([Mg][C]2=CC=CC2)=C1.CC(C)C1=[C]([Mg][C]2=C(C(C)C)C=CC2)CC=C1. The van der Waals surface area contributed by atoms with E-state index in [1.807, 2.05) is 0 Å². The van der Waals surface area contributed by atoms with Gasteiger partial charge in [0.25, 0.3) is 0 Å². The fraction of sp³-hybridized carbons (Fsp3) is 0.385. The van der Waals surface area contributed by atoms with Crippen molar-refractivity contribution in [1.82, 2.24) is 0 Å². The molecule has 0 aromatic heterocycles. The first-order valence-electron chi connectivity index (χ1n) is 11.0. The lowest BCUT2D eigenvalue weighted by molar-refractivity contribution is 0.787. The second-order valence-corrected chi connectivity index (χ2v) is 13.1. The van der Waals surface area contributed by atoms with Crippen LogP contribution in [-0.2, 0) is 0 Å². The van der Waals surface area contributed by atoms with Crippen molar-refractivity contribution in [1.29, 1.82) is 0 Å². The summed E-state index contributed by atoms with van der Waals surface area (Å²) in [5, 5.41) is 0. The molecule has 0 radical (unpaired) electrons. The molecule has 0 fully saturated rings. The highest BCUT2D eigenvalue weighted by atomic mass is 24.5. The lowest BCUT2D eigenvalue weighted by Crippen LogP contribution is -2.06. The predicted molar refractivity (Wildman–Crippen MR) is 126 cm³/mol. The van der Waals surface area contributed by atoms with Gasteiger partial charge in [0.05, 0.1) is 0 Å². The maximum atomic E-state index is 2.37. The molecule has 28 heavy (non-hydrogen) atoms. The predicted octanol–water partition coefficient (Wildman–Crippen LogP) is 6.81. The third-order valence-corrected chi connectivity index (χ3v) is 10.2. The van der Waals surface area contributed by atoms with Crippen molar-refractivity contribution < 1.29 is 0 Å². The van der Waals surface area contributed by atoms with Gasteiger partial charge in [-0.3, -0.25) is 0 Å². The molecule has 4 aliphatic rings. The molecule has 0 N–H and O–H groups in total. The Bertz CT molecular complexity index is 752. The second-order valence-electron chi connectivity index (χ2n) is 8.91. The average molecular weight is 393 g/mol. The zero-order valence-corrected chi connectivity index (χ0v) is 21.0. The molecule has 0 aliphatic heterocycles. The fourth-order valence-corrected chi connectivity index (χ4v) is 8.78. The summed E-state index contributed by atoms with van der Waals surface area (Å²) in [5.41, 5.74) is 3.28. The summed E-state index contributed by atoms with van der Waals surface area (Å²) in [5.74, 6) is 1.41. The van der Waals surface area contributed by atoms with Gasteiger partial charge in [0.2, 0.25) is 0 Å². The van der Waals surface area contributed by atoms with Crippen LogP contribution in [-0.4, -0.2) is 40.7 Å². The van der Waals surface area contributed by atoms with Crippen LogP contribution < -0.4 is 0 Å². The monoisotopic (exact) mass is 392 g/mol. The lowest BCUT2D eigenvalue weighted by Gasteiger charge is -2.14. The Morgan fingerprint density at radius 2 is 1.07 bits per heavy atom. The van der Waals surface area contributed by atoms with Crippen LogP contribution in [0.5, 0.6) is 0 Å². The molecule has 0 bridgehead atoms. The molecular formula is C26H32Mg2. The van der Waals surface area contributed by atoms with E-state index >= 15 is 0 Å². The third kappa shape index (κ3) is 6.22. The molecule has 0 aromatic rings. The zero-order chi connectivity index (χ0) is 19.9. The smallest absolute Gasteiger partial charge is 0.182 e. The second kappa shape index (κ2) is 11.0. The van der Waals surface area contributed by atoms with E-state index in [0.29, 0.717) is 11.8 Å². The van der Waals surface area contributed by atoms with Gasteiger partial charge in [-0.15, -0.1) is 0 Å². The van der Waals surface area contributed by atoms with Crippen molar-refractivity contribution in [3.63, 3.8) is 0 Å². The van der Waals surface area contributed by atoms with Gasteiger partial charge in [0.15, 0.2) is 0 Å². The van der Waals surface area contributed by atoms with Crippen LogP contribution >= 0.6 is 0 Å². The summed E-state index contributed by atoms with van der Waals surface area (Å²) in [4.78, 5) is 0. The maximum absolute atomic E-state index is 2.37. The average Bonchev–Trinajstić information content (AvgIpc) is 3.45. The van der Waals surface area contributed by atoms with Crippen LogP contribution in [0.25, 0.3) is 0 Å². The van der Waals surface area contributed by atoms with Crippen molar-refractivity contribution in [3.8, 4) is 0 Å². The van der Waals surface area contributed by atoms with E-state index in [9.17, 15) is 0 Å². The van der Waals surface area contributed by atoms with Crippen molar-refractivity contribution in [2.45, 2.75) is 53.4 Å². The normalized spacial score (nSPS) is 19.5. The molecule has 0 atom stereocenters. The van der Waals surface area contributed by atoms with Gasteiger partial charge in [-0.2, -0.15) is 14.8 Å². The van der Waals surface area contributed by atoms with E-state index in [0.717, 1.165) is 0 Å². The minimum absolute atomic E-state index is 0.0386. The Kier molecular flexibility index (Phi) is 8.71. The number of hydrogen-bond acceptors (Lipinski definition) is 0. The van der Waals surface area contributed by atoms with E-state index in [1.165, 1.54) is 25.7 Å². The molecule has 0 saturated carbocycles. The highest BCUT2D eigenvalue weighted by molar-refractivity contribution is 6.55. The first-order chi connectivity index (χ1) is 13.5. The van der Waals surface area contributed by atoms with Crippen LogP contribution in [0.1, 0.15) is 53.4 Å². The molecule has 0 amide bonds. The summed E-state index contributed by atoms with van der Waals surface area (Å²) >= 11 is -0.221. The number of allylic oxidation sites excluding steroid dienone is 16. The summed E-state index contributed by atoms with van der Waals surface area (Å²) < 4.78 is 6.97. The summed E-state index contributed by atoms with van der Waals surface area (Å²) in [6.07, 6.45) is 27.8. The van der Waals surface area contributed by atoms with E-state index < -0.39 is 0 Å². The molecule has 2 heteroatoms. The van der Waals surface area contributed by atoms with Crippen LogP contribution in [0.3, 0.4) is 0 Å². The third-order valence-electron chi connectivity index (χ3n) is 5.96. The van der Waals surface area contributed by atoms with Crippen LogP contribution in [0, 0.1) is 11.8 Å². The molecule has 4 rings (SSSR count). The van der Waals surface area contributed by atoms with Gasteiger partial charge >= 0.3 is 40.7 Å². The van der Waals surface area contributed by atoms with Gasteiger partial charge in [-0.05, 0) is 37.5 Å². The van der Waals surface area contributed by atoms with Gasteiger partial charge in [-0.1, -0.05) is 99.6 Å². The molecule has 4 aliphatic carbocycles. The van der Waals surface area contributed by atoms with Crippen molar-refractivity contribution in [3.05, 3.63) is 86.7 Å². The molecule has 0 heterocycles. The Labute approximate surface area is 191 Å². The quantitative estimate of drug-likeness (QED) is 0.435. The Balaban J connectivity index is 0.000000176. The summed E-state index contributed by atoms with van der Waals surface area (Å²) in [7, 11) is 0. The van der Waals surface area contributed by atoms with Gasteiger partial charge < -0.3 is 0 Å². The first kappa shape index (κ1) is 22.1. The van der Waals surface area contributed by atoms with E-state index in [-0.39, 0.29) is 40.7 Å².